The Morgan fingerprint density at radius 2 is 1.85 bits per heavy atom. The number of hydrogen-bond acceptors (Lipinski definition) is 5. The molecule has 4 rings (SSSR count). The maximum Gasteiger partial charge on any atom is 0.338 e. The van der Waals surface area contributed by atoms with Crippen LogP contribution in [0.15, 0.2) is 47.4 Å². The van der Waals surface area contributed by atoms with E-state index >= 15 is 0 Å². The van der Waals surface area contributed by atoms with Gasteiger partial charge in [-0.25, -0.2) is 13.2 Å². The summed E-state index contributed by atoms with van der Waals surface area (Å²) in [6, 6.07) is 11.9. The van der Waals surface area contributed by atoms with Gasteiger partial charge in [0.05, 0.1) is 10.6 Å². The standard InChI is InChI=1S/C25H29ClN2O5S/c1-2-21-9-5-6-13-28(21)24(29)17-33-25(30)19-10-11-22(26)23(15-19)34(31,32)27-14-12-18-7-3-4-8-20(18)16-27/h3-4,7-8,10-11,15,21H,2,5-6,9,12-14,16-17H2,1H3. The van der Waals surface area contributed by atoms with E-state index in [2.05, 4.69) is 0 Å². The zero-order valence-corrected chi connectivity index (χ0v) is 20.8. The topological polar surface area (TPSA) is 84.0 Å². The minimum Gasteiger partial charge on any atom is -0.452 e. The molecule has 0 saturated carbocycles. The highest BCUT2D eigenvalue weighted by Crippen LogP contribution is 2.30. The number of halogens is 1. The number of ether oxygens (including phenoxy) is 1. The van der Waals surface area contributed by atoms with Crippen LogP contribution in [0, 0.1) is 0 Å². The second-order valence-electron chi connectivity index (χ2n) is 8.72. The first-order valence-corrected chi connectivity index (χ1v) is 13.5. The molecule has 0 N–H and O–H groups in total. The SMILES string of the molecule is CCC1CCCCN1C(=O)COC(=O)c1ccc(Cl)c(S(=O)(=O)N2CCc3ccccc3C2)c1. The second-order valence-corrected chi connectivity index (χ2v) is 11.0. The van der Waals surface area contributed by atoms with E-state index in [-0.39, 0.29) is 40.6 Å². The molecule has 1 atom stereocenters. The number of piperidine rings is 1. The Kier molecular flexibility index (Phi) is 7.60. The average Bonchev–Trinajstić information content (AvgIpc) is 2.86. The van der Waals surface area contributed by atoms with Crippen molar-refractivity contribution in [2.75, 3.05) is 19.7 Å². The van der Waals surface area contributed by atoms with Gasteiger partial charge in [0.1, 0.15) is 4.90 Å². The van der Waals surface area contributed by atoms with Gasteiger partial charge in [-0.15, -0.1) is 0 Å². The van der Waals surface area contributed by atoms with Crippen molar-refractivity contribution in [3.05, 3.63) is 64.2 Å². The molecule has 0 aromatic heterocycles. The third-order valence-corrected chi connectivity index (χ3v) is 8.95. The summed E-state index contributed by atoms with van der Waals surface area (Å²) >= 11 is 6.25. The molecule has 2 heterocycles. The Morgan fingerprint density at radius 1 is 1.09 bits per heavy atom. The Hall–Kier alpha value is -2.42. The van der Waals surface area contributed by atoms with Crippen LogP contribution in [0.3, 0.4) is 0 Å². The van der Waals surface area contributed by atoms with Gasteiger partial charge in [-0.2, -0.15) is 4.31 Å². The summed E-state index contributed by atoms with van der Waals surface area (Å²) in [6.45, 7) is 2.90. The molecule has 2 aromatic carbocycles. The summed E-state index contributed by atoms with van der Waals surface area (Å²) < 4.78 is 33.4. The van der Waals surface area contributed by atoms with E-state index in [9.17, 15) is 18.0 Å². The monoisotopic (exact) mass is 504 g/mol. The number of sulfonamides is 1. The summed E-state index contributed by atoms with van der Waals surface area (Å²) in [4.78, 5) is 26.9. The zero-order chi connectivity index (χ0) is 24.3. The van der Waals surface area contributed by atoms with Gasteiger partial charge in [0.2, 0.25) is 10.0 Å². The van der Waals surface area contributed by atoms with E-state index in [0.29, 0.717) is 19.5 Å². The number of rotatable bonds is 6. The predicted molar refractivity (Wildman–Crippen MR) is 129 cm³/mol. The highest BCUT2D eigenvalue weighted by atomic mass is 35.5. The van der Waals surface area contributed by atoms with Crippen molar-refractivity contribution in [3.8, 4) is 0 Å². The largest absolute Gasteiger partial charge is 0.452 e. The molecule has 0 aliphatic carbocycles. The van der Waals surface area contributed by atoms with Gasteiger partial charge in [0.15, 0.2) is 6.61 Å². The van der Waals surface area contributed by atoms with Crippen LogP contribution in [-0.4, -0.2) is 55.2 Å². The summed E-state index contributed by atoms with van der Waals surface area (Å²) in [6.07, 6.45) is 4.45. The molecule has 2 aromatic rings. The van der Waals surface area contributed by atoms with Gasteiger partial charge in [-0.1, -0.05) is 42.8 Å². The van der Waals surface area contributed by atoms with Gasteiger partial charge in [0, 0.05) is 25.7 Å². The van der Waals surface area contributed by atoms with Crippen molar-refractivity contribution in [1.29, 1.82) is 0 Å². The smallest absolute Gasteiger partial charge is 0.338 e. The number of likely N-dealkylation sites (tertiary alicyclic amines) is 1. The summed E-state index contributed by atoms with van der Waals surface area (Å²) in [5.41, 5.74) is 2.12. The van der Waals surface area contributed by atoms with Gasteiger partial charge in [-0.05, 0) is 61.4 Å². The lowest BCUT2D eigenvalue weighted by Gasteiger charge is -2.35. The van der Waals surface area contributed by atoms with E-state index in [4.69, 9.17) is 16.3 Å². The van der Waals surface area contributed by atoms with Crippen LogP contribution in [0.2, 0.25) is 5.02 Å². The Labute approximate surface area is 205 Å². The first-order valence-electron chi connectivity index (χ1n) is 11.6. The van der Waals surface area contributed by atoms with E-state index < -0.39 is 16.0 Å². The molecular formula is C25H29ClN2O5S. The van der Waals surface area contributed by atoms with E-state index in [1.165, 1.54) is 22.5 Å². The minimum atomic E-state index is -3.93. The van der Waals surface area contributed by atoms with Crippen LogP contribution in [-0.2, 0) is 32.5 Å². The number of benzene rings is 2. The number of fused-ring (bicyclic) bond motifs is 1. The molecule has 9 heteroatoms. The molecule has 7 nitrogen and oxygen atoms in total. The van der Waals surface area contributed by atoms with Crippen LogP contribution in [0.4, 0.5) is 0 Å². The number of hydrogen-bond donors (Lipinski definition) is 0. The molecule has 2 aliphatic heterocycles. The molecule has 182 valence electrons. The molecule has 1 fully saturated rings. The molecule has 2 aliphatic rings. The minimum absolute atomic E-state index is 0.0330. The quantitative estimate of drug-likeness (QED) is 0.554. The lowest BCUT2D eigenvalue weighted by Crippen LogP contribution is -2.45. The highest BCUT2D eigenvalue weighted by Gasteiger charge is 2.31. The summed E-state index contributed by atoms with van der Waals surface area (Å²) in [5, 5.41) is 0.0330. The first-order chi connectivity index (χ1) is 16.3. The maximum absolute atomic E-state index is 13.4. The van der Waals surface area contributed by atoms with Gasteiger partial charge in [0.25, 0.3) is 5.91 Å². The second kappa shape index (κ2) is 10.5. The number of carbonyl (C=O) groups is 2. The van der Waals surface area contributed by atoms with Crippen molar-refractivity contribution in [2.45, 2.75) is 56.5 Å². The normalized spacial score (nSPS) is 18.9. The van der Waals surface area contributed by atoms with Gasteiger partial charge in [-0.3, -0.25) is 4.79 Å². The van der Waals surface area contributed by atoms with Gasteiger partial charge < -0.3 is 9.64 Å². The molecule has 1 unspecified atom stereocenters. The fourth-order valence-electron chi connectivity index (χ4n) is 4.69. The van der Waals surface area contributed by atoms with E-state index in [1.54, 1.807) is 4.90 Å². The van der Waals surface area contributed by atoms with E-state index in [1.807, 2.05) is 31.2 Å². The lowest BCUT2D eigenvalue weighted by atomic mass is 10.00. The van der Waals surface area contributed by atoms with Crippen LogP contribution in [0.1, 0.15) is 54.1 Å². The Morgan fingerprint density at radius 3 is 2.62 bits per heavy atom. The number of amides is 1. The molecule has 0 bridgehead atoms. The van der Waals surface area contributed by atoms with Crippen LogP contribution in [0.5, 0.6) is 0 Å². The van der Waals surface area contributed by atoms with Crippen LogP contribution < -0.4 is 0 Å². The third kappa shape index (κ3) is 5.14. The van der Waals surface area contributed by atoms with Crippen molar-refractivity contribution >= 4 is 33.5 Å². The van der Waals surface area contributed by atoms with Crippen molar-refractivity contribution in [3.63, 3.8) is 0 Å². The molecule has 1 amide bonds. The molecule has 0 radical (unpaired) electrons. The summed E-state index contributed by atoms with van der Waals surface area (Å²) in [7, 11) is -3.93. The molecule has 0 spiro atoms. The fourth-order valence-corrected chi connectivity index (χ4v) is 6.61. The molecular weight excluding hydrogens is 476 g/mol. The predicted octanol–water partition coefficient (Wildman–Crippen LogP) is 4.03. The zero-order valence-electron chi connectivity index (χ0n) is 19.2. The fraction of sp³-hybridized carbons (Fsp3) is 0.440. The number of esters is 1. The average molecular weight is 505 g/mol. The van der Waals surface area contributed by atoms with Crippen molar-refractivity contribution in [2.24, 2.45) is 0 Å². The van der Waals surface area contributed by atoms with E-state index in [0.717, 1.165) is 36.8 Å². The third-order valence-electron chi connectivity index (χ3n) is 6.63. The number of nitrogens with zero attached hydrogens (tertiary/aromatic N) is 2. The highest BCUT2D eigenvalue weighted by molar-refractivity contribution is 7.89. The maximum atomic E-state index is 13.4. The Bertz CT molecular complexity index is 1180. The molecule has 1 saturated heterocycles. The van der Waals surface area contributed by atoms with Crippen molar-refractivity contribution < 1.29 is 22.7 Å². The lowest BCUT2D eigenvalue weighted by molar-refractivity contribution is -0.138. The van der Waals surface area contributed by atoms with Crippen molar-refractivity contribution in [1.82, 2.24) is 9.21 Å². The molecule has 34 heavy (non-hydrogen) atoms. The number of carbonyl (C=O) groups excluding carboxylic acids is 2. The Balaban J connectivity index is 1.47. The summed E-state index contributed by atoms with van der Waals surface area (Å²) in [5.74, 6) is -0.982. The van der Waals surface area contributed by atoms with Gasteiger partial charge >= 0.3 is 5.97 Å². The van der Waals surface area contributed by atoms with Crippen LogP contribution >= 0.6 is 11.6 Å². The van der Waals surface area contributed by atoms with Crippen LogP contribution in [0.25, 0.3) is 0 Å². The first kappa shape index (κ1) is 24.7.